The summed E-state index contributed by atoms with van der Waals surface area (Å²) in [6.07, 6.45) is 3.80. The quantitative estimate of drug-likeness (QED) is 0.536. The Labute approximate surface area is 215 Å². The highest BCUT2D eigenvalue weighted by molar-refractivity contribution is 5.99. The molecule has 8 heteroatoms. The van der Waals surface area contributed by atoms with Crippen molar-refractivity contribution in [1.29, 1.82) is 0 Å². The van der Waals surface area contributed by atoms with E-state index in [9.17, 15) is 9.59 Å². The number of nitrogens with zero attached hydrogens (tertiary/aromatic N) is 2. The molecule has 8 nitrogen and oxygen atoms in total. The van der Waals surface area contributed by atoms with E-state index in [-0.39, 0.29) is 53.4 Å². The minimum atomic E-state index is -0.432. The topological polar surface area (TPSA) is 106 Å². The predicted octanol–water partition coefficient (Wildman–Crippen LogP) is 3.94. The Bertz CT molecular complexity index is 1020. The van der Waals surface area contributed by atoms with E-state index in [4.69, 9.17) is 20.2 Å². The summed E-state index contributed by atoms with van der Waals surface area (Å²) in [6.45, 7) is 10.2. The molecule has 5 atom stereocenters. The molecule has 0 radical (unpaired) electrons. The second-order valence-electron chi connectivity index (χ2n) is 11.4. The van der Waals surface area contributed by atoms with Gasteiger partial charge in [-0.3, -0.25) is 14.5 Å². The summed E-state index contributed by atoms with van der Waals surface area (Å²) in [5.41, 5.74) is 6.63. The number of ether oxygens (including phenoxy) is 2. The first kappa shape index (κ1) is 26.5. The molecular weight excluding hydrogens is 456 g/mol. The third-order valence-electron chi connectivity index (χ3n) is 8.33. The lowest BCUT2D eigenvalue weighted by molar-refractivity contribution is -0.133. The van der Waals surface area contributed by atoms with Crippen molar-refractivity contribution in [3.8, 4) is 5.75 Å². The molecule has 36 heavy (non-hydrogen) atoms. The first-order valence-electron chi connectivity index (χ1n) is 13.3. The van der Waals surface area contributed by atoms with Gasteiger partial charge in [0.05, 0.1) is 24.1 Å². The Morgan fingerprint density at radius 2 is 2.00 bits per heavy atom. The van der Waals surface area contributed by atoms with Crippen LogP contribution in [0.25, 0.3) is 0 Å². The number of para-hydroxylation sites is 1. The van der Waals surface area contributed by atoms with Crippen LogP contribution in [0, 0.1) is 11.8 Å². The minimum absolute atomic E-state index is 0.00864. The summed E-state index contributed by atoms with van der Waals surface area (Å²) in [7, 11) is 1.66. The van der Waals surface area contributed by atoms with Crippen molar-refractivity contribution < 1.29 is 19.1 Å². The number of aliphatic imine (C=N–C) groups is 1. The van der Waals surface area contributed by atoms with Crippen LogP contribution in [0.3, 0.4) is 0 Å². The molecule has 3 aliphatic rings. The Hall–Kier alpha value is -2.61. The van der Waals surface area contributed by atoms with Crippen LogP contribution in [0.2, 0.25) is 0 Å². The lowest BCUT2D eigenvalue weighted by atomic mass is 9.87. The fourth-order valence-electron chi connectivity index (χ4n) is 5.90. The molecule has 198 valence electrons. The molecule has 1 aromatic rings. The SMILES string of the molecule is CCC1(CC)CC(=O)N([C@H](CC(C)OC)[C@H]2C[C@@H]2C(=O)N[C@H]2CC(C)(C)Oc3ccccc32)C(N)=N1. The van der Waals surface area contributed by atoms with Gasteiger partial charge in [-0.05, 0) is 58.4 Å². The number of carbonyl (C=O) groups excluding carboxylic acids is 2. The molecule has 2 heterocycles. The van der Waals surface area contributed by atoms with Crippen molar-refractivity contribution in [2.75, 3.05) is 7.11 Å². The van der Waals surface area contributed by atoms with Crippen molar-refractivity contribution >= 4 is 17.8 Å². The number of benzene rings is 1. The van der Waals surface area contributed by atoms with Gasteiger partial charge in [0.1, 0.15) is 11.4 Å². The van der Waals surface area contributed by atoms with Crippen LogP contribution in [-0.4, -0.2) is 53.1 Å². The zero-order chi connectivity index (χ0) is 26.3. The maximum Gasteiger partial charge on any atom is 0.231 e. The molecule has 1 saturated carbocycles. The molecule has 1 unspecified atom stereocenters. The lowest BCUT2D eigenvalue weighted by Crippen LogP contribution is -2.56. The summed E-state index contributed by atoms with van der Waals surface area (Å²) in [6, 6.07) is 7.54. The van der Waals surface area contributed by atoms with Gasteiger partial charge in [-0.25, -0.2) is 4.99 Å². The van der Waals surface area contributed by atoms with Crippen molar-refractivity contribution in [2.24, 2.45) is 22.6 Å². The highest BCUT2D eigenvalue weighted by Gasteiger charge is 2.53. The van der Waals surface area contributed by atoms with Gasteiger partial charge < -0.3 is 20.5 Å². The number of methoxy groups -OCH3 is 1. The monoisotopic (exact) mass is 498 g/mol. The van der Waals surface area contributed by atoms with Crippen LogP contribution in [0.15, 0.2) is 29.3 Å². The average Bonchev–Trinajstić information content (AvgIpc) is 3.63. The zero-order valence-corrected chi connectivity index (χ0v) is 22.5. The van der Waals surface area contributed by atoms with E-state index >= 15 is 0 Å². The molecule has 1 fully saturated rings. The second kappa shape index (κ2) is 10.0. The van der Waals surface area contributed by atoms with Crippen molar-refractivity contribution in [3.05, 3.63) is 29.8 Å². The standard InChI is InChI=1S/C28H42N4O4/c1-7-28(8-2)16-24(33)32(26(29)31-28)22(13-17(3)35-6)19-14-20(19)25(34)30-21-15-27(4,5)36-23-12-10-9-11-18(21)23/h9-12,17,19-22H,7-8,13-16H2,1-6H3,(H2,29,31)(H,30,34)/t17?,19-,20-,21-,22+/m0/s1. The average molecular weight is 499 g/mol. The fourth-order valence-corrected chi connectivity index (χ4v) is 5.90. The van der Waals surface area contributed by atoms with Crippen molar-refractivity contribution in [2.45, 2.75) is 102 Å². The fraction of sp³-hybridized carbons (Fsp3) is 0.679. The summed E-state index contributed by atoms with van der Waals surface area (Å²) in [5.74, 6) is 0.932. The summed E-state index contributed by atoms with van der Waals surface area (Å²) in [5, 5.41) is 3.29. The molecular formula is C28H42N4O4. The molecule has 1 aliphatic carbocycles. The third-order valence-corrected chi connectivity index (χ3v) is 8.33. The van der Waals surface area contributed by atoms with Gasteiger partial charge >= 0.3 is 0 Å². The van der Waals surface area contributed by atoms with Gasteiger partial charge in [-0.2, -0.15) is 0 Å². The number of hydrogen-bond acceptors (Lipinski definition) is 6. The predicted molar refractivity (Wildman–Crippen MR) is 140 cm³/mol. The maximum atomic E-state index is 13.5. The molecule has 1 aromatic carbocycles. The molecule has 3 N–H and O–H groups in total. The Balaban J connectivity index is 1.53. The molecule has 2 amide bonds. The van der Waals surface area contributed by atoms with Gasteiger partial charge in [-0.1, -0.05) is 32.0 Å². The Morgan fingerprint density at radius 3 is 2.64 bits per heavy atom. The van der Waals surface area contributed by atoms with Crippen LogP contribution < -0.4 is 15.8 Å². The number of guanidine groups is 1. The number of nitrogens with one attached hydrogen (secondary N) is 1. The van der Waals surface area contributed by atoms with E-state index in [1.807, 2.05) is 58.9 Å². The molecule has 2 aliphatic heterocycles. The molecule has 0 saturated heterocycles. The largest absolute Gasteiger partial charge is 0.487 e. The van der Waals surface area contributed by atoms with Crippen LogP contribution in [0.1, 0.15) is 84.7 Å². The van der Waals surface area contributed by atoms with E-state index in [1.165, 1.54) is 0 Å². The second-order valence-corrected chi connectivity index (χ2v) is 11.4. The van der Waals surface area contributed by atoms with E-state index < -0.39 is 5.54 Å². The van der Waals surface area contributed by atoms with E-state index in [0.29, 0.717) is 25.7 Å². The number of hydrogen-bond donors (Lipinski definition) is 2. The lowest BCUT2D eigenvalue weighted by Gasteiger charge is -2.41. The highest BCUT2D eigenvalue weighted by atomic mass is 16.5. The minimum Gasteiger partial charge on any atom is -0.487 e. The van der Waals surface area contributed by atoms with Crippen molar-refractivity contribution in [1.82, 2.24) is 10.2 Å². The van der Waals surface area contributed by atoms with Gasteiger partial charge in [-0.15, -0.1) is 0 Å². The Morgan fingerprint density at radius 1 is 1.31 bits per heavy atom. The summed E-state index contributed by atoms with van der Waals surface area (Å²) in [4.78, 5) is 33.3. The zero-order valence-electron chi connectivity index (χ0n) is 22.5. The number of amides is 2. The highest BCUT2D eigenvalue weighted by Crippen LogP contribution is 2.47. The van der Waals surface area contributed by atoms with Crippen LogP contribution in [-0.2, 0) is 14.3 Å². The van der Waals surface area contributed by atoms with Crippen LogP contribution in [0.5, 0.6) is 5.75 Å². The van der Waals surface area contributed by atoms with Crippen molar-refractivity contribution in [3.63, 3.8) is 0 Å². The summed E-state index contributed by atoms with van der Waals surface area (Å²) < 4.78 is 11.7. The number of nitrogens with two attached hydrogens (primary N) is 1. The number of rotatable bonds is 9. The first-order valence-corrected chi connectivity index (χ1v) is 13.3. The van der Waals surface area contributed by atoms with Gasteiger partial charge in [0.2, 0.25) is 11.8 Å². The molecule has 0 spiro atoms. The molecule has 4 rings (SSSR count). The van der Waals surface area contributed by atoms with Crippen LogP contribution >= 0.6 is 0 Å². The van der Waals surface area contributed by atoms with E-state index in [1.54, 1.807) is 12.0 Å². The summed E-state index contributed by atoms with van der Waals surface area (Å²) >= 11 is 0. The Kier molecular flexibility index (Phi) is 7.37. The first-order chi connectivity index (χ1) is 17.0. The van der Waals surface area contributed by atoms with Gasteiger partial charge in [0.15, 0.2) is 5.96 Å². The van der Waals surface area contributed by atoms with Gasteiger partial charge in [0.25, 0.3) is 0 Å². The molecule has 0 bridgehead atoms. The number of carbonyl (C=O) groups is 2. The van der Waals surface area contributed by atoms with Crippen LogP contribution in [0.4, 0.5) is 0 Å². The maximum absolute atomic E-state index is 13.5. The number of fused-ring (bicyclic) bond motifs is 1. The molecule has 0 aromatic heterocycles. The van der Waals surface area contributed by atoms with E-state index in [2.05, 4.69) is 5.32 Å². The van der Waals surface area contributed by atoms with Gasteiger partial charge in [0, 0.05) is 31.1 Å². The van der Waals surface area contributed by atoms with E-state index in [0.717, 1.165) is 24.2 Å². The third kappa shape index (κ3) is 5.24. The smallest absolute Gasteiger partial charge is 0.231 e. The normalized spacial score (nSPS) is 27.8.